The number of rotatable bonds is 5. The molecule has 0 radical (unpaired) electrons. The van der Waals surface area contributed by atoms with E-state index < -0.39 is 0 Å². The Morgan fingerprint density at radius 2 is 2.20 bits per heavy atom. The van der Waals surface area contributed by atoms with Crippen molar-refractivity contribution in [3.05, 3.63) is 41.5 Å². The lowest BCUT2D eigenvalue weighted by atomic mass is 10.1. The minimum atomic E-state index is -0.173. The monoisotopic (exact) mass is 342 g/mol. The smallest absolute Gasteiger partial charge is 0.315 e. The van der Waals surface area contributed by atoms with E-state index in [-0.39, 0.29) is 12.1 Å². The number of anilines is 1. The van der Waals surface area contributed by atoms with Crippen molar-refractivity contribution in [3.8, 4) is 0 Å². The Morgan fingerprint density at radius 1 is 1.40 bits per heavy atom. The molecule has 7 nitrogen and oxygen atoms in total. The van der Waals surface area contributed by atoms with Crippen molar-refractivity contribution in [2.45, 2.75) is 45.8 Å². The lowest BCUT2D eigenvalue weighted by Gasteiger charge is -2.24. The van der Waals surface area contributed by atoms with Crippen LogP contribution in [0.4, 0.5) is 10.5 Å². The summed E-state index contributed by atoms with van der Waals surface area (Å²) in [5, 5.41) is 10.4. The molecule has 1 aliphatic rings. The molecule has 134 valence electrons. The van der Waals surface area contributed by atoms with Crippen molar-refractivity contribution in [1.82, 2.24) is 25.4 Å². The van der Waals surface area contributed by atoms with Crippen LogP contribution in [0.2, 0.25) is 0 Å². The molecule has 1 atom stereocenters. The highest BCUT2D eigenvalue weighted by Crippen LogP contribution is 2.23. The first-order valence-corrected chi connectivity index (χ1v) is 8.83. The van der Waals surface area contributed by atoms with Crippen LogP contribution in [0.25, 0.3) is 0 Å². The Kier molecular flexibility index (Phi) is 5.21. The molecule has 2 aromatic rings. The predicted molar refractivity (Wildman–Crippen MR) is 97.5 cm³/mol. The molecule has 0 bridgehead atoms. The summed E-state index contributed by atoms with van der Waals surface area (Å²) in [6.07, 6.45) is 1.88. The lowest BCUT2D eigenvalue weighted by Crippen LogP contribution is -2.40. The van der Waals surface area contributed by atoms with E-state index in [0.29, 0.717) is 6.54 Å². The van der Waals surface area contributed by atoms with Crippen molar-refractivity contribution in [1.29, 1.82) is 0 Å². The van der Waals surface area contributed by atoms with Crippen molar-refractivity contribution in [2.75, 3.05) is 18.5 Å². The summed E-state index contributed by atoms with van der Waals surface area (Å²) >= 11 is 0. The summed E-state index contributed by atoms with van der Waals surface area (Å²) in [7, 11) is 2.05. The number of aryl methyl sites for hydroxylation is 2. The van der Waals surface area contributed by atoms with Crippen LogP contribution < -0.4 is 15.5 Å². The minimum absolute atomic E-state index is 0.0801. The second-order valence-electron chi connectivity index (χ2n) is 6.41. The zero-order valence-corrected chi connectivity index (χ0v) is 15.1. The fourth-order valence-electron chi connectivity index (χ4n) is 3.19. The highest BCUT2D eigenvalue weighted by atomic mass is 16.2. The van der Waals surface area contributed by atoms with Gasteiger partial charge in [-0.3, -0.25) is 0 Å². The molecule has 0 spiro atoms. The molecule has 0 saturated carbocycles. The van der Waals surface area contributed by atoms with Gasteiger partial charge in [-0.25, -0.2) is 14.5 Å². The van der Waals surface area contributed by atoms with Gasteiger partial charge in [-0.1, -0.05) is 18.2 Å². The Hall–Kier alpha value is -2.57. The Balaban J connectivity index is 1.61. The Labute approximate surface area is 148 Å². The molecule has 1 aromatic carbocycles. The van der Waals surface area contributed by atoms with Gasteiger partial charge in [0, 0.05) is 32.4 Å². The molecule has 1 unspecified atom stereocenters. The number of benzene rings is 1. The number of hydrogen-bond acceptors (Lipinski definition) is 4. The van der Waals surface area contributed by atoms with E-state index in [2.05, 4.69) is 45.7 Å². The summed E-state index contributed by atoms with van der Waals surface area (Å²) in [6.45, 7) is 6.26. The normalized spacial score (nSPS) is 16.2. The molecule has 2 N–H and O–H groups in total. The van der Waals surface area contributed by atoms with Crippen LogP contribution in [0.5, 0.6) is 0 Å². The highest BCUT2D eigenvalue weighted by Gasteiger charge is 2.24. The number of carbonyl (C=O) groups is 1. The summed E-state index contributed by atoms with van der Waals surface area (Å²) < 4.78 is 1.90. The van der Waals surface area contributed by atoms with Gasteiger partial charge in [-0.05, 0) is 38.3 Å². The van der Waals surface area contributed by atoms with Crippen LogP contribution in [0, 0.1) is 6.92 Å². The number of nitrogens with one attached hydrogen (secondary N) is 2. The lowest BCUT2D eigenvalue weighted by molar-refractivity contribution is 0.232. The summed E-state index contributed by atoms with van der Waals surface area (Å²) in [5.74, 6) is 1.60. The largest absolute Gasteiger partial charge is 0.375 e. The van der Waals surface area contributed by atoms with Gasteiger partial charge < -0.3 is 15.5 Å². The first-order chi connectivity index (χ1) is 12.1. The van der Waals surface area contributed by atoms with Crippen LogP contribution in [0.3, 0.4) is 0 Å². The zero-order chi connectivity index (χ0) is 17.8. The summed E-state index contributed by atoms with van der Waals surface area (Å²) in [6, 6.07) is 7.88. The minimum Gasteiger partial charge on any atom is -0.375 e. The van der Waals surface area contributed by atoms with Crippen molar-refractivity contribution in [2.24, 2.45) is 0 Å². The Bertz CT molecular complexity index is 741. The first-order valence-electron chi connectivity index (χ1n) is 8.83. The van der Waals surface area contributed by atoms with Crippen LogP contribution in [-0.2, 0) is 13.1 Å². The van der Waals surface area contributed by atoms with Gasteiger partial charge in [0.05, 0.1) is 6.04 Å². The second kappa shape index (κ2) is 7.55. The molecule has 3 rings (SSSR count). The standard InChI is InChI=1S/C18H26N6O/c1-4-23(3)16-10-6-5-8-14(16)12-19-18(25)21-15-9-7-11-24-17(15)20-13(2)22-24/h5-6,8,10,15H,4,7,9,11-12H2,1-3H3,(H2,19,21,25). The molecular formula is C18H26N6O. The number of carbonyl (C=O) groups excluding carboxylic acids is 1. The third-order valence-corrected chi connectivity index (χ3v) is 4.60. The first kappa shape index (κ1) is 17.3. The summed E-state index contributed by atoms with van der Waals surface area (Å²) in [4.78, 5) is 19.0. The SMILES string of the molecule is CCN(C)c1ccccc1CNC(=O)NC1CCCn2nc(C)nc21. The van der Waals surface area contributed by atoms with E-state index in [4.69, 9.17) is 0 Å². The third kappa shape index (κ3) is 3.92. The van der Waals surface area contributed by atoms with Crippen LogP contribution in [0.1, 0.15) is 43.0 Å². The van der Waals surface area contributed by atoms with Crippen LogP contribution in [0.15, 0.2) is 24.3 Å². The highest BCUT2D eigenvalue weighted by molar-refractivity contribution is 5.74. The van der Waals surface area contributed by atoms with E-state index in [1.54, 1.807) is 0 Å². The summed E-state index contributed by atoms with van der Waals surface area (Å²) in [5.41, 5.74) is 2.24. The predicted octanol–water partition coefficient (Wildman–Crippen LogP) is 2.38. The van der Waals surface area contributed by atoms with Gasteiger partial charge in [-0.15, -0.1) is 0 Å². The molecular weight excluding hydrogens is 316 g/mol. The van der Waals surface area contributed by atoms with Crippen molar-refractivity contribution >= 4 is 11.7 Å². The van der Waals surface area contributed by atoms with Crippen LogP contribution >= 0.6 is 0 Å². The van der Waals surface area contributed by atoms with Gasteiger partial charge in [0.2, 0.25) is 0 Å². The number of para-hydroxylation sites is 1. The number of urea groups is 1. The van der Waals surface area contributed by atoms with E-state index >= 15 is 0 Å². The number of fused-ring (bicyclic) bond motifs is 1. The van der Waals surface area contributed by atoms with Gasteiger partial charge >= 0.3 is 6.03 Å². The Morgan fingerprint density at radius 3 is 3.00 bits per heavy atom. The van der Waals surface area contributed by atoms with Crippen LogP contribution in [-0.4, -0.2) is 34.4 Å². The van der Waals surface area contributed by atoms with Crippen molar-refractivity contribution < 1.29 is 4.79 Å². The topological polar surface area (TPSA) is 75.1 Å². The maximum atomic E-state index is 12.4. The van der Waals surface area contributed by atoms with Gasteiger partial charge in [0.1, 0.15) is 11.6 Å². The maximum absolute atomic E-state index is 12.4. The number of hydrogen-bond donors (Lipinski definition) is 2. The van der Waals surface area contributed by atoms with Crippen molar-refractivity contribution in [3.63, 3.8) is 0 Å². The zero-order valence-electron chi connectivity index (χ0n) is 15.1. The average molecular weight is 342 g/mol. The van der Waals surface area contributed by atoms with Gasteiger partial charge in [-0.2, -0.15) is 5.10 Å². The maximum Gasteiger partial charge on any atom is 0.315 e. The molecule has 1 aromatic heterocycles. The van der Waals surface area contributed by atoms with Gasteiger partial charge in [0.15, 0.2) is 0 Å². The molecule has 0 saturated heterocycles. The molecule has 1 aliphatic heterocycles. The molecule has 2 heterocycles. The molecule has 0 fully saturated rings. The van der Waals surface area contributed by atoms with E-state index in [0.717, 1.165) is 48.8 Å². The fourth-order valence-corrected chi connectivity index (χ4v) is 3.19. The quantitative estimate of drug-likeness (QED) is 0.875. The molecule has 7 heteroatoms. The molecule has 2 amide bonds. The molecule has 0 aliphatic carbocycles. The average Bonchev–Trinajstić information content (AvgIpc) is 3.01. The second-order valence-corrected chi connectivity index (χ2v) is 6.41. The third-order valence-electron chi connectivity index (χ3n) is 4.60. The van der Waals surface area contributed by atoms with Gasteiger partial charge in [0.25, 0.3) is 0 Å². The van der Waals surface area contributed by atoms with E-state index in [1.807, 2.05) is 29.8 Å². The number of amides is 2. The fraction of sp³-hybridized carbons (Fsp3) is 0.500. The number of nitrogens with zero attached hydrogens (tertiary/aromatic N) is 4. The van der Waals surface area contributed by atoms with E-state index in [9.17, 15) is 4.79 Å². The molecule has 25 heavy (non-hydrogen) atoms. The van der Waals surface area contributed by atoms with E-state index in [1.165, 1.54) is 0 Å². The number of aromatic nitrogens is 3.